The minimum Gasteiger partial charge on any atom is -0.394 e. The van der Waals surface area contributed by atoms with Crippen molar-refractivity contribution in [2.24, 2.45) is 0 Å². The first kappa shape index (κ1) is 18.8. The molecule has 0 aromatic heterocycles. The molecule has 0 aromatic carbocycles. The van der Waals surface area contributed by atoms with Crippen molar-refractivity contribution in [1.82, 2.24) is 4.90 Å². The van der Waals surface area contributed by atoms with Gasteiger partial charge in [0, 0.05) is 26.3 Å². The van der Waals surface area contributed by atoms with Crippen molar-refractivity contribution < 1.29 is 14.6 Å². The maximum atomic E-state index is 8.63. The first-order chi connectivity index (χ1) is 9.35. The summed E-state index contributed by atoms with van der Waals surface area (Å²) in [4.78, 5) is 2.47. The van der Waals surface area contributed by atoms with Crippen molar-refractivity contribution in [3.8, 4) is 0 Å². The van der Waals surface area contributed by atoms with E-state index < -0.39 is 0 Å². The first-order valence-corrected chi connectivity index (χ1v) is 7.83. The molecule has 0 radical (unpaired) electrons. The maximum absolute atomic E-state index is 8.63. The maximum Gasteiger partial charge on any atom is 0.0697 e. The largest absolute Gasteiger partial charge is 0.394 e. The molecule has 0 aliphatic carbocycles. The molecule has 0 heterocycles. The molecule has 0 amide bonds. The van der Waals surface area contributed by atoms with Gasteiger partial charge in [-0.3, -0.25) is 0 Å². The lowest BCUT2D eigenvalue weighted by molar-refractivity contribution is 0.0755. The highest BCUT2D eigenvalue weighted by atomic mass is 16.5. The Morgan fingerprint density at radius 1 is 0.737 bits per heavy atom. The molecule has 0 saturated carbocycles. The molecular weight excluding hydrogens is 242 g/mol. The number of ether oxygens (including phenoxy) is 2. The smallest absolute Gasteiger partial charge is 0.0697 e. The normalized spacial score (nSPS) is 11.4. The number of aliphatic hydroxyl groups is 1. The van der Waals surface area contributed by atoms with Crippen molar-refractivity contribution in [3.05, 3.63) is 0 Å². The van der Waals surface area contributed by atoms with Crippen LogP contribution in [0.3, 0.4) is 0 Å². The van der Waals surface area contributed by atoms with E-state index in [4.69, 9.17) is 14.6 Å². The standard InChI is InChI=1S/C15H33NO3/c1-3-5-6-8-16(10-14-18-12-4-2)9-7-13-19-15-11-17/h17H,3-15H2,1-2H3. The summed E-state index contributed by atoms with van der Waals surface area (Å²) in [6.45, 7) is 10.6. The topological polar surface area (TPSA) is 41.9 Å². The lowest BCUT2D eigenvalue weighted by Gasteiger charge is -2.22. The lowest BCUT2D eigenvalue weighted by Crippen LogP contribution is -2.30. The van der Waals surface area contributed by atoms with Gasteiger partial charge in [0.15, 0.2) is 0 Å². The van der Waals surface area contributed by atoms with Gasteiger partial charge >= 0.3 is 0 Å². The Morgan fingerprint density at radius 2 is 1.47 bits per heavy atom. The van der Waals surface area contributed by atoms with Crippen molar-refractivity contribution in [3.63, 3.8) is 0 Å². The van der Waals surface area contributed by atoms with Crippen LogP contribution in [-0.2, 0) is 9.47 Å². The van der Waals surface area contributed by atoms with Crippen LogP contribution in [0.15, 0.2) is 0 Å². The van der Waals surface area contributed by atoms with Gasteiger partial charge < -0.3 is 19.5 Å². The third kappa shape index (κ3) is 14.1. The van der Waals surface area contributed by atoms with E-state index >= 15 is 0 Å². The molecule has 0 unspecified atom stereocenters. The molecule has 0 bridgehead atoms. The van der Waals surface area contributed by atoms with E-state index in [2.05, 4.69) is 18.7 Å². The zero-order valence-electron chi connectivity index (χ0n) is 12.9. The number of aliphatic hydroxyl groups excluding tert-OH is 1. The summed E-state index contributed by atoms with van der Waals surface area (Å²) in [5.74, 6) is 0. The SMILES string of the molecule is CCCCCN(CCCOCCO)CCOCCC. The average molecular weight is 275 g/mol. The van der Waals surface area contributed by atoms with Gasteiger partial charge in [0.1, 0.15) is 0 Å². The van der Waals surface area contributed by atoms with Crippen LogP contribution in [0, 0.1) is 0 Å². The zero-order valence-corrected chi connectivity index (χ0v) is 12.9. The second-order valence-electron chi connectivity index (χ2n) is 4.85. The van der Waals surface area contributed by atoms with E-state index in [1.807, 2.05) is 0 Å². The predicted molar refractivity (Wildman–Crippen MR) is 79.6 cm³/mol. The number of unbranched alkanes of at least 4 members (excludes halogenated alkanes) is 2. The predicted octanol–water partition coefficient (Wildman–Crippen LogP) is 2.30. The Kier molecular flexibility index (Phi) is 15.8. The lowest BCUT2D eigenvalue weighted by atomic mass is 10.2. The van der Waals surface area contributed by atoms with E-state index in [1.54, 1.807) is 0 Å². The molecule has 19 heavy (non-hydrogen) atoms. The monoisotopic (exact) mass is 275 g/mol. The Morgan fingerprint density at radius 3 is 2.16 bits per heavy atom. The Bertz CT molecular complexity index is 167. The van der Waals surface area contributed by atoms with E-state index in [-0.39, 0.29) is 6.61 Å². The molecule has 0 saturated heterocycles. The van der Waals surface area contributed by atoms with Gasteiger partial charge in [0.2, 0.25) is 0 Å². The first-order valence-electron chi connectivity index (χ1n) is 7.83. The zero-order chi connectivity index (χ0) is 14.2. The molecule has 4 nitrogen and oxygen atoms in total. The van der Waals surface area contributed by atoms with Crippen LogP contribution in [0.1, 0.15) is 46.0 Å². The van der Waals surface area contributed by atoms with Gasteiger partial charge in [-0.2, -0.15) is 0 Å². The number of hydrogen-bond acceptors (Lipinski definition) is 4. The van der Waals surface area contributed by atoms with Gasteiger partial charge in [-0.25, -0.2) is 0 Å². The highest BCUT2D eigenvalue weighted by molar-refractivity contribution is 4.58. The van der Waals surface area contributed by atoms with Crippen LogP contribution in [0.25, 0.3) is 0 Å². The summed E-state index contributed by atoms with van der Waals surface area (Å²) in [6, 6.07) is 0. The summed E-state index contributed by atoms with van der Waals surface area (Å²) in [7, 11) is 0. The highest BCUT2D eigenvalue weighted by Crippen LogP contribution is 2.00. The fourth-order valence-electron chi connectivity index (χ4n) is 1.92. The van der Waals surface area contributed by atoms with Crippen LogP contribution < -0.4 is 0 Å². The summed E-state index contributed by atoms with van der Waals surface area (Å²) >= 11 is 0. The van der Waals surface area contributed by atoms with Crippen molar-refractivity contribution in [1.29, 1.82) is 0 Å². The Labute approximate surface area is 119 Å². The number of hydrogen-bond donors (Lipinski definition) is 1. The molecule has 0 rings (SSSR count). The summed E-state index contributed by atoms with van der Waals surface area (Å²) in [5, 5.41) is 8.63. The van der Waals surface area contributed by atoms with Gasteiger partial charge in [0.05, 0.1) is 19.8 Å². The van der Waals surface area contributed by atoms with E-state index in [1.165, 1.54) is 19.3 Å². The third-order valence-corrected chi connectivity index (χ3v) is 2.98. The molecule has 1 N–H and O–H groups in total. The number of rotatable bonds is 15. The summed E-state index contributed by atoms with van der Waals surface area (Å²) in [6.07, 6.45) is 5.94. The van der Waals surface area contributed by atoms with Crippen LogP contribution in [0.5, 0.6) is 0 Å². The fraction of sp³-hybridized carbons (Fsp3) is 1.00. The Balaban J connectivity index is 3.63. The van der Waals surface area contributed by atoms with Crippen LogP contribution in [0.4, 0.5) is 0 Å². The molecule has 116 valence electrons. The van der Waals surface area contributed by atoms with E-state index in [9.17, 15) is 0 Å². The van der Waals surface area contributed by atoms with Gasteiger partial charge in [-0.05, 0) is 25.8 Å². The quantitative estimate of drug-likeness (QED) is 0.466. The van der Waals surface area contributed by atoms with Crippen molar-refractivity contribution in [2.75, 3.05) is 52.7 Å². The van der Waals surface area contributed by atoms with Gasteiger partial charge in [0.25, 0.3) is 0 Å². The van der Waals surface area contributed by atoms with Crippen molar-refractivity contribution in [2.45, 2.75) is 46.0 Å². The van der Waals surface area contributed by atoms with Crippen LogP contribution >= 0.6 is 0 Å². The molecule has 0 atom stereocenters. The Hall–Kier alpha value is -0.160. The fourth-order valence-corrected chi connectivity index (χ4v) is 1.92. The van der Waals surface area contributed by atoms with Crippen LogP contribution in [0.2, 0.25) is 0 Å². The molecule has 4 heteroatoms. The second-order valence-corrected chi connectivity index (χ2v) is 4.85. The van der Waals surface area contributed by atoms with E-state index in [0.29, 0.717) is 6.61 Å². The van der Waals surface area contributed by atoms with Gasteiger partial charge in [-0.15, -0.1) is 0 Å². The minimum absolute atomic E-state index is 0.116. The molecular formula is C15H33NO3. The third-order valence-electron chi connectivity index (χ3n) is 2.98. The molecule has 0 spiro atoms. The molecule has 0 fully saturated rings. The number of nitrogens with zero attached hydrogens (tertiary/aromatic N) is 1. The summed E-state index contributed by atoms with van der Waals surface area (Å²) < 4.78 is 10.9. The molecule has 0 aliphatic rings. The highest BCUT2D eigenvalue weighted by Gasteiger charge is 2.04. The molecule has 0 aromatic rings. The van der Waals surface area contributed by atoms with Gasteiger partial charge in [-0.1, -0.05) is 26.7 Å². The minimum atomic E-state index is 0.116. The van der Waals surface area contributed by atoms with Crippen molar-refractivity contribution >= 4 is 0 Å². The summed E-state index contributed by atoms with van der Waals surface area (Å²) in [5.41, 5.74) is 0. The average Bonchev–Trinajstić information content (AvgIpc) is 2.42. The van der Waals surface area contributed by atoms with Crippen LogP contribution in [-0.4, -0.2) is 62.7 Å². The second kappa shape index (κ2) is 15.9. The molecule has 0 aliphatic heterocycles. The van der Waals surface area contributed by atoms with E-state index in [0.717, 1.165) is 52.3 Å².